The first kappa shape index (κ1) is 30.7. The number of thioether (sulfide) groups is 1. The molecule has 11 heteroatoms. The lowest BCUT2D eigenvalue weighted by Gasteiger charge is -2.19. The fraction of sp³-hybridized carbons (Fsp3) is 0.121. The van der Waals surface area contributed by atoms with Gasteiger partial charge in [-0.25, -0.2) is 4.39 Å². The van der Waals surface area contributed by atoms with Gasteiger partial charge in [0.1, 0.15) is 24.7 Å². The Morgan fingerprint density at radius 1 is 0.864 bits per heavy atom. The third kappa shape index (κ3) is 7.77. The van der Waals surface area contributed by atoms with Crippen molar-refractivity contribution in [2.24, 2.45) is 0 Å². The van der Waals surface area contributed by atoms with E-state index in [0.717, 1.165) is 0 Å². The summed E-state index contributed by atoms with van der Waals surface area (Å²) in [4.78, 5) is 39.9. The second-order valence-electron chi connectivity index (χ2n) is 9.60. The molecule has 0 saturated heterocycles. The Bertz CT molecular complexity index is 1710. The van der Waals surface area contributed by atoms with E-state index in [-0.39, 0.29) is 22.2 Å². The summed E-state index contributed by atoms with van der Waals surface area (Å²) < 4.78 is 25.7. The molecule has 8 nitrogen and oxygen atoms in total. The van der Waals surface area contributed by atoms with E-state index in [1.165, 1.54) is 36.0 Å². The first-order chi connectivity index (χ1) is 21.3. The van der Waals surface area contributed by atoms with E-state index in [2.05, 4.69) is 16.0 Å². The molecule has 1 aliphatic rings. The van der Waals surface area contributed by atoms with E-state index >= 15 is 0 Å². The molecule has 224 valence electrons. The van der Waals surface area contributed by atoms with Gasteiger partial charge >= 0.3 is 0 Å². The second kappa shape index (κ2) is 14.1. The summed E-state index contributed by atoms with van der Waals surface area (Å²) in [5.41, 5.74) is 1.04. The summed E-state index contributed by atoms with van der Waals surface area (Å²) in [6.45, 7) is 2.68. The molecule has 4 aromatic rings. The Morgan fingerprint density at radius 2 is 1.59 bits per heavy atom. The van der Waals surface area contributed by atoms with Crippen molar-refractivity contribution in [3.05, 3.63) is 119 Å². The fourth-order valence-electron chi connectivity index (χ4n) is 4.20. The highest BCUT2D eigenvalue weighted by Gasteiger charge is 2.19. The van der Waals surface area contributed by atoms with Crippen molar-refractivity contribution in [3.8, 4) is 11.5 Å². The number of ether oxygens (including phenoxy) is 2. The molecule has 1 unspecified atom stereocenters. The summed E-state index contributed by atoms with van der Waals surface area (Å²) in [5, 5.41) is 7.78. The van der Waals surface area contributed by atoms with Gasteiger partial charge in [-0.2, -0.15) is 0 Å². The van der Waals surface area contributed by atoms with Crippen molar-refractivity contribution in [2.75, 3.05) is 23.8 Å². The molecule has 0 fully saturated rings. The summed E-state index contributed by atoms with van der Waals surface area (Å²) >= 11 is 7.49. The number of fused-ring (bicyclic) bond motifs is 1. The van der Waals surface area contributed by atoms with Gasteiger partial charge < -0.3 is 25.4 Å². The van der Waals surface area contributed by atoms with E-state index in [1.807, 2.05) is 0 Å². The Hall–Kier alpha value is -4.80. The van der Waals surface area contributed by atoms with Crippen LogP contribution in [0.5, 0.6) is 11.5 Å². The van der Waals surface area contributed by atoms with E-state index in [4.69, 9.17) is 21.1 Å². The third-order valence-electron chi connectivity index (χ3n) is 6.40. The van der Waals surface area contributed by atoms with Crippen molar-refractivity contribution in [2.45, 2.75) is 17.1 Å². The second-order valence-corrected chi connectivity index (χ2v) is 11.4. The number of nitrogens with one attached hydrogen (secondary N) is 3. The van der Waals surface area contributed by atoms with Crippen molar-refractivity contribution < 1.29 is 28.2 Å². The first-order valence-electron chi connectivity index (χ1n) is 13.6. The van der Waals surface area contributed by atoms with Crippen LogP contribution < -0.4 is 25.4 Å². The smallest absolute Gasteiger partial charge is 0.272 e. The SMILES string of the molecule is CC(Sc1cccc(NC(=O)/C(=C\c2c(F)cccc2Cl)NC(=O)c2ccccc2)c1)C(=O)Nc1ccc2c(c1)OCCO2. The molecule has 3 amide bonds. The van der Waals surface area contributed by atoms with Gasteiger partial charge in [0, 0.05) is 33.5 Å². The van der Waals surface area contributed by atoms with E-state index in [9.17, 15) is 18.8 Å². The van der Waals surface area contributed by atoms with Crippen LogP contribution in [0, 0.1) is 5.82 Å². The van der Waals surface area contributed by atoms with Gasteiger partial charge in [0.15, 0.2) is 11.5 Å². The number of carbonyl (C=O) groups excluding carboxylic acids is 3. The average Bonchev–Trinajstić information content (AvgIpc) is 3.02. The average molecular weight is 632 g/mol. The molecule has 5 rings (SSSR count). The lowest BCUT2D eigenvalue weighted by atomic mass is 10.1. The highest BCUT2D eigenvalue weighted by molar-refractivity contribution is 8.00. The number of amides is 3. The minimum Gasteiger partial charge on any atom is -0.486 e. The van der Waals surface area contributed by atoms with Crippen molar-refractivity contribution >= 4 is 58.5 Å². The Kier molecular flexibility index (Phi) is 9.83. The van der Waals surface area contributed by atoms with Crippen LogP contribution >= 0.6 is 23.4 Å². The maximum absolute atomic E-state index is 14.6. The van der Waals surface area contributed by atoms with Crippen LogP contribution in [0.2, 0.25) is 5.02 Å². The van der Waals surface area contributed by atoms with Gasteiger partial charge in [0.25, 0.3) is 11.8 Å². The maximum Gasteiger partial charge on any atom is 0.272 e. The summed E-state index contributed by atoms with van der Waals surface area (Å²) in [6.07, 6.45) is 1.19. The molecule has 0 aromatic heterocycles. The largest absolute Gasteiger partial charge is 0.486 e. The third-order valence-corrected chi connectivity index (χ3v) is 7.82. The molecule has 0 bridgehead atoms. The lowest BCUT2D eigenvalue weighted by molar-refractivity contribution is -0.115. The molecule has 1 atom stereocenters. The Morgan fingerprint density at radius 3 is 2.36 bits per heavy atom. The van der Waals surface area contributed by atoms with Crippen LogP contribution in [0.15, 0.2) is 102 Å². The number of benzene rings is 4. The minimum atomic E-state index is -0.694. The molecule has 0 aliphatic carbocycles. The zero-order valence-electron chi connectivity index (χ0n) is 23.4. The molecular formula is C33H27ClFN3O5S. The number of carbonyl (C=O) groups is 3. The van der Waals surface area contributed by atoms with Crippen LogP contribution in [0.1, 0.15) is 22.8 Å². The molecule has 3 N–H and O–H groups in total. The highest BCUT2D eigenvalue weighted by Crippen LogP contribution is 2.33. The Balaban J connectivity index is 1.29. The number of rotatable bonds is 9. The van der Waals surface area contributed by atoms with Gasteiger partial charge in [0.2, 0.25) is 5.91 Å². The van der Waals surface area contributed by atoms with Crippen molar-refractivity contribution in [3.63, 3.8) is 0 Å². The highest BCUT2D eigenvalue weighted by atomic mass is 35.5. The van der Waals surface area contributed by atoms with Crippen LogP contribution in [0.3, 0.4) is 0 Å². The number of hydrogen-bond acceptors (Lipinski definition) is 6. The number of halogens is 2. The lowest BCUT2D eigenvalue weighted by Crippen LogP contribution is -2.30. The van der Waals surface area contributed by atoms with Gasteiger partial charge in [-0.05, 0) is 67.6 Å². The van der Waals surface area contributed by atoms with E-state index in [1.54, 1.807) is 79.7 Å². The summed E-state index contributed by atoms with van der Waals surface area (Å²) in [5.74, 6) is -0.925. The number of hydrogen-bond donors (Lipinski definition) is 3. The van der Waals surface area contributed by atoms with Crippen LogP contribution in [-0.2, 0) is 9.59 Å². The zero-order chi connectivity index (χ0) is 31.1. The van der Waals surface area contributed by atoms with E-state index < -0.39 is 22.9 Å². The van der Waals surface area contributed by atoms with Gasteiger partial charge in [0.05, 0.1) is 10.3 Å². The topological polar surface area (TPSA) is 106 Å². The maximum atomic E-state index is 14.6. The first-order valence-corrected chi connectivity index (χ1v) is 14.8. The van der Waals surface area contributed by atoms with Crippen molar-refractivity contribution in [1.82, 2.24) is 5.32 Å². The standard InChI is InChI=1S/C33H27ClFN3O5S/c1-20(31(39)36-23-13-14-29-30(18-23)43-16-15-42-29)44-24-10-5-9-22(17-24)37-33(41)28(19-25-26(34)11-6-12-27(25)35)38-32(40)21-7-3-2-4-8-21/h2-14,17-20H,15-16H2,1H3,(H,36,39)(H,37,41)(H,38,40)/b28-19+. The Labute approximate surface area is 262 Å². The summed E-state index contributed by atoms with van der Waals surface area (Å²) in [6, 6.07) is 24.5. The molecular weight excluding hydrogens is 605 g/mol. The normalized spacial score (nSPS) is 13.0. The molecule has 0 saturated carbocycles. The van der Waals surface area contributed by atoms with Gasteiger partial charge in [-0.15, -0.1) is 11.8 Å². The quantitative estimate of drug-likeness (QED) is 0.139. The molecule has 0 radical (unpaired) electrons. The summed E-state index contributed by atoms with van der Waals surface area (Å²) in [7, 11) is 0. The predicted molar refractivity (Wildman–Crippen MR) is 170 cm³/mol. The minimum absolute atomic E-state index is 0.0464. The predicted octanol–water partition coefficient (Wildman–Crippen LogP) is 6.78. The fourth-order valence-corrected chi connectivity index (χ4v) is 5.35. The monoisotopic (exact) mass is 631 g/mol. The van der Waals surface area contributed by atoms with Crippen molar-refractivity contribution in [1.29, 1.82) is 0 Å². The van der Waals surface area contributed by atoms with Crippen LogP contribution in [0.25, 0.3) is 6.08 Å². The molecule has 4 aromatic carbocycles. The molecule has 1 heterocycles. The van der Waals surface area contributed by atoms with Gasteiger partial charge in [-0.3, -0.25) is 14.4 Å². The molecule has 44 heavy (non-hydrogen) atoms. The zero-order valence-corrected chi connectivity index (χ0v) is 25.0. The van der Waals surface area contributed by atoms with Crippen LogP contribution in [0.4, 0.5) is 15.8 Å². The molecule has 1 aliphatic heterocycles. The number of anilines is 2. The van der Waals surface area contributed by atoms with Crippen LogP contribution in [-0.4, -0.2) is 36.2 Å². The molecule has 0 spiro atoms. The van der Waals surface area contributed by atoms with Gasteiger partial charge in [-0.1, -0.05) is 41.9 Å². The van der Waals surface area contributed by atoms with E-state index in [0.29, 0.717) is 46.5 Å².